The normalized spacial score (nSPS) is 20.8. The molecule has 2 amide bonds. The zero-order chi connectivity index (χ0) is 42.3. The van der Waals surface area contributed by atoms with E-state index in [9.17, 15) is 29.1 Å². The number of fused-ring (bicyclic) bond motifs is 10. The van der Waals surface area contributed by atoms with Crippen molar-refractivity contribution in [2.75, 3.05) is 4.90 Å². The molecule has 0 bridgehead atoms. The molecular formula is C48H38N6O7. The van der Waals surface area contributed by atoms with Crippen LogP contribution >= 0.6 is 0 Å². The molecule has 0 radical (unpaired) electrons. The number of rotatable bonds is 5. The molecule has 2 fully saturated rings. The Morgan fingerprint density at radius 2 is 1.52 bits per heavy atom. The third kappa shape index (κ3) is 5.68. The van der Waals surface area contributed by atoms with Gasteiger partial charge in [0.2, 0.25) is 17.6 Å². The number of Topliss-reactive ketones (excluding diaryl/α,β-unsaturated/α-hetero) is 1. The van der Waals surface area contributed by atoms with Crippen LogP contribution in [0, 0.1) is 17.8 Å². The van der Waals surface area contributed by atoms with Gasteiger partial charge in [-0.15, -0.1) is 0 Å². The quantitative estimate of drug-likeness (QED) is 0.0951. The second-order valence-corrected chi connectivity index (χ2v) is 16.1. The van der Waals surface area contributed by atoms with Crippen LogP contribution in [0.1, 0.15) is 54.5 Å². The number of carbonyl (C=O) groups excluding carboxylic acids is 4. The SMILES string of the molecule is CC(=O)Oc1ccc(N2C(=O)[C@H]3C(CC(C)C)NC4(c5ccccc5-n5c4nc4ccccc4c5=O)[C@H]3C2=O)cc1.O=C1C(c2c(O)[nH]c3ccccc23)=Nc2ccccc21. The van der Waals surface area contributed by atoms with Gasteiger partial charge in [0.05, 0.1) is 45.4 Å². The van der Waals surface area contributed by atoms with Crippen molar-refractivity contribution in [1.82, 2.24) is 19.9 Å². The molecule has 4 atom stereocenters. The summed E-state index contributed by atoms with van der Waals surface area (Å²) in [6.45, 7) is 5.48. The van der Waals surface area contributed by atoms with Gasteiger partial charge in [-0.1, -0.05) is 74.5 Å². The fourth-order valence-electron chi connectivity index (χ4n) is 9.61. The molecule has 6 heterocycles. The number of imide groups is 1. The number of benzene rings is 5. The van der Waals surface area contributed by atoms with E-state index in [-0.39, 0.29) is 41.0 Å². The Hall–Kier alpha value is -7.51. The number of H-pyrrole nitrogens is 1. The number of ether oxygens (including phenoxy) is 1. The zero-order valence-electron chi connectivity index (χ0n) is 33.2. The van der Waals surface area contributed by atoms with E-state index in [4.69, 9.17) is 9.72 Å². The minimum absolute atomic E-state index is 0.0221. The number of para-hydroxylation sites is 4. The molecular weight excluding hydrogens is 773 g/mol. The summed E-state index contributed by atoms with van der Waals surface area (Å²) >= 11 is 0. The van der Waals surface area contributed by atoms with Crippen molar-refractivity contribution in [1.29, 1.82) is 0 Å². The maximum absolute atomic E-state index is 14.5. The van der Waals surface area contributed by atoms with E-state index in [2.05, 4.69) is 29.1 Å². The highest BCUT2D eigenvalue weighted by Gasteiger charge is 2.69. The van der Waals surface area contributed by atoms with Crippen molar-refractivity contribution in [3.8, 4) is 17.3 Å². The average Bonchev–Trinajstić information content (AvgIpc) is 4.01. The van der Waals surface area contributed by atoms with Crippen molar-refractivity contribution < 1.29 is 29.0 Å². The van der Waals surface area contributed by atoms with Crippen LogP contribution in [0.4, 0.5) is 11.4 Å². The van der Waals surface area contributed by atoms with Gasteiger partial charge in [0.1, 0.15) is 22.8 Å². The first-order valence-corrected chi connectivity index (χ1v) is 20.1. The van der Waals surface area contributed by atoms with Crippen molar-refractivity contribution in [2.45, 2.75) is 38.8 Å². The van der Waals surface area contributed by atoms with Crippen LogP contribution in [-0.2, 0) is 19.9 Å². The van der Waals surface area contributed by atoms with Crippen LogP contribution in [0.5, 0.6) is 11.6 Å². The largest absolute Gasteiger partial charge is 0.494 e. The van der Waals surface area contributed by atoms with Crippen molar-refractivity contribution in [3.63, 3.8) is 0 Å². The fraction of sp³-hybridized carbons (Fsp3) is 0.188. The lowest BCUT2D eigenvalue weighted by molar-refractivity contribution is -0.132. The third-order valence-corrected chi connectivity index (χ3v) is 12.0. The Balaban J connectivity index is 0.000000185. The summed E-state index contributed by atoms with van der Waals surface area (Å²) in [5.41, 5.74) is 3.74. The monoisotopic (exact) mass is 810 g/mol. The molecule has 61 heavy (non-hydrogen) atoms. The number of aromatic amines is 1. The molecule has 5 aromatic carbocycles. The van der Waals surface area contributed by atoms with Gasteiger partial charge in [-0.2, -0.15) is 0 Å². The number of amides is 2. The number of aromatic nitrogens is 3. The van der Waals surface area contributed by atoms with Gasteiger partial charge in [0, 0.05) is 35.0 Å². The minimum Gasteiger partial charge on any atom is -0.494 e. The number of aliphatic imine (C=N–C) groups is 1. The highest BCUT2D eigenvalue weighted by molar-refractivity contribution is 6.56. The molecule has 13 nitrogen and oxygen atoms in total. The lowest BCUT2D eigenvalue weighted by Crippen LogP contribution is -2.50. The van der Waals surface area contributed by atoms with Crippen molar-refractivity contribution >= 4 is 62.5 Å². The van der Waals surface area contributed by atoms with Crippen LogP contribution in [-0.4, -0.2) is 55.0 Å². The standard InChI is InChI=1S/C32H28N4O5.C16H10N2O2/c1-17(2)16-24-26-27(30(40)35(29(26)39)19-12-14-20(15-13-19)41-18(3)37)32(34-24)22-9-5-7-11-25(22)36-28(38)21-8-4-6-10-23(21)33-31(32)36;19-15-10-6-2-4-8-12(10)17-14(15)13-9-5-1-3-7-11(9)18-16(13)20/h4-15,17,24,26-27,34H,16H2,1-3H3;1-8,18,20H/t24?,26-,27+,32?;/m0./s1. The highest BCUT2D eigenvalue weighted by Crippen LogP contribution is 2.56. The van der Waals surface area contributed by atoms with Gasteiger partial charge < -0.3 is 14.8 Å². The summed E-state index contributed by atoms with van der Waals surface area (Å²) in [5, 5.41) is 15.1. The predicted octanol–water partition coefficient (Wildman–Crippen LogP) is 6.88. The van der Waals surface area contributed by atoms with Crippen LogP contribution in [0.15, 0.2) is 131 Å². The van der Waals surface area contributed by atoms with E-state index in [1.807, 2.05) is 66.7 Å². The van der Waals surface area contributed by atoms with Crippen LogP contribution in [0.2, 0.25) is 0 Å². The molecule has 0 aliphatic carbocycles. The first-order valence-electron chi connectivity index (χ1n) is 20.1. The minimum atomic E-state index is -1.18. The van der Waals surface area contributed by atoms with E-state index in [0.29, 0.717) is 62.8 Å². The number of hydrogen-bond donors (Lipinski definition) is 3. The Bertz CT molecular complexity index is 3110. The van der Waals surface area contributed by atoms with Gasteiger partial charge >= 0.3 is 5.97 Å². The summed E-state index contributed by atoms with van der Waals surface area (Å²) in [7, 11) is 0. The molecule has 1 spiro atoms. The zero-order valence-corrected chi connectivity index (χ0v) is 33.2. The molecule has 2 saturated heterocycles. The summed E-state index contributed by atoms with van der Waals surface area (Å²) in [5.74, 6) is -1.78. The summed E-state index contributed by atoms with van der Waals surface area (Å²) in [4.78, 5) is 79.9. The molecule has 2 unspecified atom stereocenters. The van der Waals surface area contributed by atoms with Gasteiger partial charge in [-0.3, -0.25) is 33.9 Å². The van der Waals surface area contributed by atoms with Crippen molar-refractivity contribution in [3.05, 3.63) is 154 Å². The number of carbonyl (C=O) groups is 4. The smallest absolute Gasteiger partial charge is 0.308 e. The number of esters is 1. The molecule has 7 aromatic rings. The number of hydrogen-bond acceptors (Lipinski definition) is 10. The van der Waals surface area contributed by atoms with Gasteiger partial charge in [0.15, 0.2) is 5.88 Å². The first kappa shape index (κ1) is 37.7. The lowest BCUT2D eigenvalue weighted by atomic mass is 9.75. The second kappa shape index (κ2) is 14.1. The summed E-state index contributed by atoms with van der Waals surface area (Å²) < 4.78 is 6.75. The number of anilines is 1. The van der Waals surface area contributed by atoms with Gasteiger partial charge in [0.25, 0.3) is 5.56 Å². The maximum Gasteiger partial charge on any atom is 0.308 e. The van der Waals surface area contributed by atoms with E-state index in [0.717, 1.165) is 16.5 Å². The van der Waals surface area contributed by atoms with Gasteiger partial charge in [-0.05, 0) is 73.0 Å². The molecule has 0 saturated carbocycles. The fourth-order valence-corrected chi connectivity index (χ4v) is 9.61. The number of aromatic hydroxyl groups is 1. The lowest BCUT2D eigenvalue weighted by Gasteiger charge is -2.32. The van der Waals surface area contributed by atoms with Crippen LogP contribution in [0.25, 0.3) is 27.5 Å². The third-order valence-electron chi connectivity index (χ3n) is 12.0. The van der Waals surface area contributed by atoms with Crippen LogP contribution in [0.3, 0.4) is 0 Å². The summed E-state index contributed by atoms with van der Waals surface area (Å²) in [6, 6.07) is 35.4. The number of nitrogens with one attached hydrogen (secondary N) is 2. The number of ketones is 1. The summed E-state index contributed by atoms with van der Waals surface area (Å²) in [6.07, 6.45) is 0.654. The van der Waals surface area contributed by atoms with Crippen LogP contribution < -0.4 is 20.5 Å². The molecule has 2 aromatic heterocycles. The Kier molecular flexibility index (Phi) is 8.70. The maximum atomic E-state index is 14.5. The molecule has 4 aliphatic heterocycles. The average molecular weight is 811 g/mol. The predicted molar refractivity (Wildman–Crippen MR) is 229 cm³/mol. The Labute approximate surface area is 348 Å². The Morgan fingerprint density at radius 1 is 0.836 bits per heavy atom. The van der Waals surface area contributed by atoms with E-state index < -0.39 is 23.3 Å². The topological polar surface area (TPSA) is 176 Å². The Morgan fingerprint density at radius 3 is 2.28 bits per heavy atom. The first-order chi connectivity index (χ1) is 29.5. The highest BCUT2D eigenvalue weighted by atomic mass is 16.5. The van der Waals surface area contributed by atoms with E-state index in [1.54, 1.807) is 59.2 Å². The number of nitrogens with zero attached hydrogens (tertiary/aromatic N) is 4. The molecule has 4 aliphatic rings. The molecule has 11 rings (SSSR count). The molecule has 3 N–H and O–H groups in total. The molecule has 13 heteroatoms. The second-order valence-electron chi connectivity index (χ2n) is 16.1. The molecule has 302 valence electrons. The van der Waals surface area contributed by atoms with E-state index in [1.165, 1.54) is 11.8 Å². The van der Waals surface area contributed by atoms with Crippen molar-refractivity contribution in [2.24, 2.45) is 22.7 Å². The van der Waals surface area contributed by atoms with E-state index >= 15 is 0 Å². The van der Waals surface area contributed by atoms with Gasteiger partial charge in [-0.25, -0.2) is 14.9 Å².